The van der Waals surface area contributed by atoms with Crippen LogP contribution < -0.4 is 10.1 Å². The minimum absolute atomic E-state index is 0.0183. The number of halogens is 3. The second-order valence-electron chi connectivity index (χ2n) is 4.83. The monoisotopic (exact) mass is 305 g/mol. The lowest BCUT2D eigenvalue weighted by Gasteiger charge is -2.32. The maximum atomic E-state index is 12.4. The number of rotatable bonds is 8. The van der Waals surface area contributed by atoms with Gasteiger partial charge in [-0.1, -0.05) is 32.4 Å². The molecule has 0 amide bonds. The fourth-order valence-corrected chi connectivity index (χ4v) is 2.50. The number of hydrogen-bond acceptors (Lipinski definition) is 2. The molecule has 0 aliphatic rings. The highest BCUT2D eigenvalue weighted by Crippen LogP contribution is 2.26. The van der Waals surface area contributed by atoms with Crippen molar-refractivity contribution < 1.29 is 13.5 Å². The van der Waals surface area contributed by atoms with E-state index >= 15 is 0 Å². The molecule has 0 saturated heterocycles. The summed E-state index contributed by atoms with van der Waals surface area (Å²) in [5, 5.41) is 3.97. The van der Waals surface area contributed by atoms with Crippen LogP contribution in [0.2, 0.25) is 5.02 Å². The summed E-state index contributed by atoms with van der Waals surface area (Å²) in [5.41, 5.74) is 0.669. The first-order chi connectivity index (χ1) is 9.46. The van der Waals surface area contributed by atoms with E-state index in [0.717, 1.165) is 19.3 Å². The Bertz CT molecular complexity index is 414. The smallest absolute Gasteiger partial charge is 0.387 e. The molecule has 1 N–H and O–H groups in total. The molecule has 0 aromatic heterocycles. The van der Waals surface area contributed by atoms with Gasteiger partial charge in [0.15, 0.2) is 0 Å². The Kier molecular flexibility index (Phi) is 6.69. The minimum atomic E-state index is -2.83. The summed E-state index contributed by atoms with van der Waals surface area (Å²) in [6.45, 7) is 3.98. The van der Waals surface area contributed by atoms with Crippen molar-refractivity contribution in [2.24, 2.45) is 0 Å². The van der Waals surface area contributed by atoms with E-state index in [1.165, 1.54) is 6.07 Å². The average molecular weight is 306 g/mol. The highest BCUT2D eigenvalue weighted by molar-refractivity contribution is 6.30. The Morgan fingerprint density at radius 3 is 2.30 bits per heavy atom. The van der Waals surface area contributed by atoms with Crippen molar-refractivity contribution in [3.05, 3.63) is 28.8 Å². The number of ether oxygens (including phenoxy) is 1. The molecule has 0 radical (unpaired) electrons. The lowest BCUT2D eigenvalue weighted by atomic mass is 9.89. The fourth-order valence-electron chi connectivity index (χ4n) is 2.30. The summed E-state index contributed by atoms with van der Waals surface area (Å²) in [6.07, 6.45) is 2.93. The molecule has 20 heavy (non-hydrogen) atoms. The van der Waals surface area contributed by atoms with E-state index in [1.54, 1.807) is 12.1 Å². The molecular weight excluding hydrogens is 284 g/mol. The maximum Gasteiger partial charge on any atom is 0.387 e. The van der Waals surface area contributed by atoms with Crippen molar-refractivity contribution in [1.82, 2.24) is 5.32 Å². The first kappa shape index (κ1) is 17.2. The second-order valence-corrected chi connectivity index (χ2v) is 5.26. The van der Waals surface area contributed by atoms with Crippen LogP contribution in [-0.4, -0.2) is 12.2 Å². The van der Waals surface area contributed by atoms with Gasteiger partial charge in [0, 0.05) is 22.7 Å². The van der Waals surface area contributed by atoms with Crippen LogP contribution in [-0.2, 0) is 6.54 Å². The molecule has 1 aromatic carbocycles. The van der Waals surface area contributed by atoms with Gasteiger partial charge >= 0.3 is 6.61 Å². The first-order valence-corrected chi connectivity index (χ1v) is 7.32. The van der Waals surface area contributed by atoms with Crippen LogP contribution >= 0.6 is 11.6 Å². The molecule has 0 saturated carbocycles. The molecule has 1 rings (SSSR count). The normalized spacial score (nSPS) is 11.9. The summed E-state index contributed by atoms with van der Waals surface area (Å²) in [7, 11) is 0. The summed E-state index contributed by atoms with van der Waals surface area (Å²) in [4.78, 5) is 0. The van der Waals surface area contributed by atoms with Gasteiger partial charge in [0.2, 0.25) is 0 Å². The summed E-state index contributed by atoms with van der Waals surface area (Å²) in [5.74, 6) is 0.175. The third-order valence-electron chi connectivity index (χ3n) is 3.92. The average Bonchev–Trinajstić information content (AvgIpc) is 2.43. The van der Waals surface area contributed by atoms with Gasteiger partial charge in [-0.3, -0.25) is 0 Å². The standard InChI is InChI=1S/C15H22ClF2NO/c1-4-15(5-2,6-3)19-10-11-9-12(16)7-8-13(11)20-14(17)18/h7-9,14,19H,4-6,10H2,1-3H3. The van der Waals surface area contributed by atoms with Gasteiger partial charge in [0.1, 0.15) is 5.75 Å². The topological polar surface area (TPSA) is 21.3 Å². The molecule has 0 aliphatic heterocycles. The van der Waals surface area contributed by atoms with Gasteiger partial charge < -0.3 is 10.1 Å². The highest BCUT2D eigenvalue weighted by atomic mass is 35.5. The van der Waals surface area contributed by atoms with Gasteiger partial charge in [-0.05, 0) is 37.5 Å². The van der Waals surface area contributed by atoms with Gasteiger partial charge in [-0.15, -0.1) is 0 Å². The zero-order valence-corrected chi connectivity index (χ0v) is 12.9. The zero-order chi connectivity index (χ0) is 15.2. The Balaban J connectivity index is 2.87. The maximum absolute atomic E-state index is 12.4. The van der Waals surface area contributed by atoms with E-state index in [1.807, 2.05) is 0 Å². The van der Waals surface area contributed by atoms with E-state index in [0.29, 0.717) is 17.1 Å². The van der Waals surface area contributed by atoms with E-state index in [-0.39, 0.29) is 11.3 Å². The van der Waals surface area contributed by atoms with E-state index < -0.39 is 6.61 Å². The van der Waals surface area contributed by atoms with Crippen LogP contribution in [0.25, 0.3) is 0 Å². The van der Waals surface area contributed by atoms with Crippen LogP contribution in [0.1, 0.15) is 45.6 Å². The Labute approximate surface area is 124 Å². The third-order valence-corrected chi connectivity index (χ3v) is 4.16. The second kappa shape index (κ2) is 7.79. The Hall–Kier alpha value is -0.870. The van der Waals surface area contributed by atoms with Crippen LogP contribution in [0.15, 0.2) is 18.2 Å². The number of nitrogens with one attached hydrogen (secondary N) is 1. The summed E-state index contributed by atoms with van der Waals surface area (Å²) in [6, 6.07) is 4.70. The van der Waals surface area contributed by atoms with Crippen LogP contribution in [0.5, 0.6) is 5.75 Å². The lowest BCUT2D eigenvalue weighted by Crippen LogP contribution is -2.43. The Morgan fingerprint density at radius 2 is 1.80 bits per heavy atom. The van der Waals surface area contributed by atoms with Crippen LogP contribution in [0, 0.1) is 0 Å². The predicted molar refractivity (Wildman–Crippen MR) is 78.5 cm³/mol. The van der Waals surface area contributed by atoms with E-state index in [9.17, 15) is 8.78 Å². The predicted octanol–water partition coefficient (Wildman–Crippen LogP) is 5.00. The first-order valence-electron chi connectivity index (χ1n) is 6.94. The molecule has 0 fully saturated rings. The van der Waals surface area contributed by atoms with Crippen molar-refractivity contribution in [3.63, 3.8) is 0 Å². The van der Waals surface area contributed by atoms with Gasteiger partial charge in [-0.25, -0.2) is 0 Å². The van der Waals surface area contributed by atoms with Crippen molar-refractivity contribution in [3.8, 4) is 5.75 Å². The molecule has 5 heteroatoms. The molecule has 0 aliphatic carbocycles. The number of hydrogen-bond donors (Lipinski definition) is 1. The van der Waals surface area contributed by atoms with Crippen LogP contribution in [0.3, 0.4) is 0 Å². The molecule has 0 heterocycles. The highest BCUT2D eigenvalue weighted by Gasteiger charge is 2.23. The number of alkyl halides is 2. The largest absolute Gasteiger partial charge is 0.434 e. The third kappa shape index (κ3) is 4.60. The molecular formula is C15H22ClF2NO. The number of benzene rings is 1. The molecule has 0 bridgehead atoms. The molecule has 0 unspecified atom stereocenters. The minimum Gasteiger partial charge on any atom is -0.434 e. The Morgan fingerprint density at radius 1 is 1.20 bits per heavy atom. The molecule has 1 aromatic rings. The lowest BCUT2D eigenvalue weighted by molar-refractivity contribution is -0.0505. The quantitative estimate of drug-likeness (QED) is 0.729. The van der Waals surface area contributed by atoms with E-state index in [2.05, 4.69) is 30.8 Å². The van der Waals surface area contributed by atoms with E-state index in [4.69, 9.17) is 11.6 Å². The summed E-state index contributed by atoms with van der Waals surface area (Å²) < 4.78 is 29.3. The molecule has 0 atom stereocenters. The zero-order valence-electron chi connectivity index (χ0n) is 12.2. The molecule has 0 spiro atoms. The van der Waals surface area contributed by atoms with Gasteiger partial charge in [0.25, 0.3) is 0 Å². The van der Waals surface area contributed by atoms with Crippen molar-refractivity contribution in [1.29, 1.82) is 0 Å². The molecule has 2 nitrogen and oxygen atoms in total. The van der Waals surface area contributed by atoms with Gasteiger partial charge in [0.05, 0.1) is 0 Å². The van der Waals surface area contributed by atoms with Crippen molar-refractivity contribution >= 4 is 11.6 Å². The fraction of sp³-hybridized carbons (Fsp3) is 0.600. The van der Waals surface area contributed by atoms with Crippen LogP contribution in [0.4, 0.5) is 8.78 Å². The van der Waals surface area contributed by atoms with Crippen molar-refractivity contribution in [2.45, 2.75) is 58.7 Å². The van der Waals surface area contributed by atoms with Gasteiger partial charge in [-0.2, -0.15) is 8.78 Å². The van der Waals surface area contributed by atoms with Crippen molar-refractivity contribution in [2.75, 3.05) is 0 Å². The summed E-state index contributed by atoms with van der Waals surface area (Å²) >= 11 is 5.93. The molecule has 114 valence electrons. The SMILES string of the molecule is CCC(CC)(CC)NCc1cc(Cl)ccc1OC(F)F.